The monoisotopic (exact) mass is 321 g/mol. The van der Waals surface area contributed by atoms with Crippen molar-refractivity contribution >= 4 is 10.1 Å². The van der Waals surface area contributed by atoms with Gasteiger partial charge in [0.2, 0.25) is 0 Å². The first-order valence-electron chi connectivity index (χ1n) is 6.83. The molecule has 0 aliphatic heterocycles. The average molecular weight is 321 g/mol. The van der Waals surface area contributed by atoms with Crippen molar-refractivity contribution in [2.45, 2.75) is 37.5 Å². The first-order valence-corrected chi connectivity index (χ1v) is 8.27. The van der Waals surface area contributed by atoms with E-state index in [0.717, 1.165) is 17.5 Å². The molecule has 4 nitrogen and oxygen atoms in total. The molecule has 2 rings (SSSR count). The molecule has 0 aliphatic carbocycles. The zero-order valence-corrected chi connectivity index (χ0v) is 14.0. The Balaban J connectivity index is 0.00000242. The van der Waals surface area contributed by atoms with Gasteiger partial charge in [-0.05, 0) is 47.6 Å². The van der Waals surface area contributed by atoms with Crippen LogP contribution in [0, 0.1) is 6.92 Å². The summed E-state index contributed by atoms with van der Waals surface area (Å²) in [5, 5.41) is 0. The molecule has 2 aromatic rings. The van der Waals surface area contributed by atoms with Crippen molar-refractivity contribution in [1.29, 1.82) is 0 Å². The van der Waals surface area contributed by atoms with Gasteiger partial charge in [0.15, 0.2) is 0 Å². The molecule has 0 saturated carbocycles. The molecule has 0 aromatic heterocycles. The van der Waals surface area contributed by atoms with E-state index in [-0.39, 0.29) is 16.5 Å². The van der Waals surface area contributed by atoms with Crippen LogP contribution in [0.2, 0.25) is 0 Å². The highest BCUT2D eigenvalue weighted by atomic mass is 32.2. The van der Waals surface area contributed by atoms with Gasteiger partial charge in [-0.2, -0.15) is 8.42 Å². The van der Waals surface area contributed by atoms with Crippen LogP contribution >= 0.6 is 0 Å². The van der Waals surface area contributed by atoms with Crippen LogP contribution in [0.15, 0.2) is 53.4 Å². The lowest BCUT2D eigenvalue weighted by Crippen LogP contribution is -2.22. The van der Waals surface area contributed by atoms with Gasteiger partial charge in [-0.25, -0.2) is 0 Å². The molecule has 0 amide bonds. The average Bonchev–Trinajstić information content (AvgIpc) is 2.37. The third-order valence-electron chi connectivity index (χ3n) is 3.71. The van der Waals surface area contributed by atoms with Crippen molar-refractivity contribution < 1.29 is 13.0 Å². The second-order valence-electron chi connectivity index (χ2n) is 6.00. The quantitative estimate of drug-likeness (QED) is 0.835. The Morgan fingerprint density at radius 3 is 2.14 bits per heavy atom. The first-order chi connectivity index (χ1) is 9.70. The third kappa shape index (κ3) is 4.16. The summed E-state index contributed by atoms with van der Waals surface area (Å²) in [6, 6.07) is 15.0. The van der Waals surface area contributed by atoms with E-state index in [4.69, 9.17) is 4.55 Å². The lowest BCUT2D eigenvalue weighted by atomic mass is 9.77. The molecule has 0 atom stereocenters. The number of aryl methyl sites for hydroxylation is 1. The van der Waals surface area contributed by atoms with E-state index in [0.29, 0.717) is 0 Å². The maximum atomic E-state index is 11.2. The SMILES string of the molecule is Cc1cc(S(=O)(=O)O)ccc1C(C)(C)Cc1ccccc1.N. The highest BCUT2D eigenvalue weighted by Gasteiger charge is 2.24. The summed E-state index contributed by atoms with van der Waals surface area (Å²) in [4.78, 5) is -0.0562. The fourth-order valence-electron chi connectivity index (χ4n) is 2.76. The number of hydrogen-bond acceptors (Lipinski definition) is 3. The predicted molar refractivity (Wildman–Crippen MR) is 89.2 cm³/mol. The number of hydrogen-bond donors (Lipinski definition) is 2. The lowest BCUT2D eigenvalue weighted by molar-refractivity contribution is 0.482. The van der Waals surface area contributed by atoms with Crippen LogP contribution < -0.4 is 6.15 Å². The summed E-state index contributed by atoms with van der Waals surface area (Å²) in [6.07, 6.45) is 0.861. The second kappa shape index (κ2) is 6.60. The fourth-order valence-corrected chi connectivity index (χ4v) is 3.32. The molecule has 0 radical (unpaired) electrons. The molecule has 0 bridgehead atoms. The van der Waals surface area contributed by atoms with E-state index in [1.165, 1.54) is 17.7 Å². The zero-order valence-electron chi connectivity index (χ0n) is 13.2. The van der Waals surface area contributed by atoms with Gasteiger partial charge in [-0.1, -0.05) is 50.2 Å². The van der Waals surface area contributed by atoms with E-state index in [1.54, 1.807) is 6.07 Å². The van der Waals surface area contributed by atoms with E-state index in [2.05, 4.69) is 26.0 Å². The van der Waals surface area contributed by atoms with Crippen LogP contribution in [0.5, 0.6) is 0 Å². The molecule has 4 N–H and O–H groups in total. The van der Waals surface area contributed by atoms with Gasteiger partial charge >= 0.3 is 0 Å². The Kier molecular flexibility index (Phi) is 5.51. The molecule has 0 heterocycles. The third-order valence-corrected chi connectivity index (χ3v) is 4.56. The van der Waals surface area contributed by atoms with Crippen LogP contribution in [0.3, 0.4) is 0 Å². The zero-order chi connectivity index (χ0) is 15.7. The Bertz CT molecular complexity index is 738. The van der Waals surface area contributed by atoms with Gasteiger partial charge < -0.3 is 6.15 Å². The summed E-state index contributed by atoms with van der Waals surface area (Å²) in [7, 11) is -4.15. The Hall–Kier alpha value is -1.69. The normalized spacial score (nSPS) is 11.8. The molecule has 0 unspecified atom stereocenters. The van der Waals surface area contributed by atoms with Crippen molar-refractivity contribution in [3.63, 3.8) is 0 Å². The van der Waals surface area contributed by atoms with Crippen LogP contribution in [0.25, 0.3) is 0 Å². The van der Waals surface area contributed by atoms with E-state index < -0.39 is 10.1 Å². The molecule has 120 valence electrons. The largest absolute Gasteiger partial charge is 0.344 e. The molecule has 2 aromatic carbocycles. The summed E-state index contributed by atoms with van der Waals surface area (Å²) < 4.78 is 31.5. The van der Waals surface area contributed by atoms with Gasteiger partial charge in [0.25, 0.3) is 10.1 Å². The minimum Gasteiger partial charge on any atom is -0.344 e. The highest BCUT2D eigenvalue weighted by molar-refractivity contribution is 7.85. The predicted octanol–water partition coefficient (Wildman–Crippen LogP) is 3.92. The number of benzene rings is 2. The molecule has 5 heteroatoms. The van der Waals surface area contributed by atoms with Crippen LogP contribution in [0.1, 0.15) is 30.5 Å². The summed E-state index contributed by atoms with van der Waals surface area (Å²) in [6.45, 7) is 6.14. The number of rotatable bonds is 4. The Morgan fingerprint density at radius 2 is 1.64 bits per heavy atom. The maximum absolute atomic E-state index is 11.2. The second-order valence-corrected chi connectivity index (χ2v) is 7.42. The minimum absolute atomic E-state index is 0. The van der Waals surface area contributed by atoms with Crippen molar-refractivity contribution in [3.05, 3.63) is 65.2 Å². The van der Waals surface area contributed by atoms with Crippen LogP contribution in [-0.4, -0.2) is 13.0 Å². The molecule has 22 heavy (non-hydrogen) atoms. The van der Waals surface area contributed by atoms with Crippen molar-refractivity contribution in [2.75, 3.05) is 0 Å². The Labute approximate surface area is 132 Å². The van der Waals surface area contributed by atoms with E-state index >= 15 is 0 Å². The van der Waals surface area contributed by atoms with Crippen molar-refractivity contribution in [3.8, 4) is 0 Å². The van der Waals surface area contributed by atoms with Gasteiger partial charge in [-0.15, -0.1) is 0 Å². The van der Waals surface area contributed by atoms with E-state index in [1.807, 2.05) is 25.1 Å². The standard InChI is InChI=1S/C17H20O3S.H3N/c1-13-11-15(21(18,19)20)9-10-16(13)17(2,3)12-14-7-5-4-6-8-14;/h4-11H,12H2,1-3H3,(H,18,19,20);1H3. The summed E-state index contributed by atoms with van der Waals surface area (Å²) in [5.41, 5.74) is 3.06. The molecule has 0 fully saturated rings. The first kappa shape index (κ1) is 18.4. The van der Waals surface area contributed by atoms with Crippen LogP contribution in [-0.2, 0) is 22.0 Å². The molecule has 0 saturated heterocycles. The van der Waals surface area contributed by atoms with Gasteiger partial charge in [0.1, 0.15) is 0 Å². The van der Waals surface area contributed by atoms with Crippen LogP contribution in [0.4, 0.5) is 0 Å². The smallest absolute Gasteiger partial charge is 0.294 e. The topological polar surface area (TPSA) is 89.4 Å². The highest BCUT2D eigenvalue weighted by Crippen LogP contribution is 2.31. The molecular weight excluding hydrogens is 298 g/mol. The lowest BCUT2D eigenvalue weighted by Gasteiger charge is -2.27. The fraction of sp³-hybridized carbons (Fsp3) is 0.294. The molecule has 0 spiro atoms. The van der Waals surface area contributed by atoms with Crippen molar-refractivity contribution in [1.82, 2.24) is 6.15 Å². The van der Waals surface area contributed by atoms with E-state index in [9.17, 15) is 8.42 Å². The molecule has 0 aliphatic rings. The Morgan fingerprint density at radius 1 is 1.05 bits per heavy atom. The summed E-state index contributed by atoms with van der Waals surface area (Å²) >= 11 is 0. The van der Waals surface area contributed by atoms with Gasteiger partial charge in [0, 0.05) is 0 Å². The van der Waals surface area contributed by atoms with Gasteiger partial charge in [-0.3, -0.25) is 4.55 Å². The summed E-state index contributed by atoms with van der Waals surface area (Å²) in [5.74, 6) is 0. The molecular formula is C17H23NO3S. The minimum atomic E-state index is -4.15. The van der Waals surface area contributed by atoms with Gasteiger partial charge in [0.05, 0.1) is 4.90 Å². The maximum Gasteiger partial charge on any atom is 0.294 e. The van der Waals surface area contributed by atoms with Crippen molar-refractivity contribution in [2.24, 2.45) is 0 Å².